The van der Waals surface area contributed by atoms with Crippen LogP contribution in [0.5, 0.6) is 0 Å². The Balaban J connectivity index is 1.64. The molecule has 142 valence electrons. The summed E-state index contributed by atoms with van der Waals surface area (Å²) in [5.74, 6) is -0.175. The summed E-state index contributed by atoms with van der Waals surface area (Å²) in [4.78, 5) is 23.4. The minimum Gasteiger partial charge on any atom is -0.355 e. The van der Waals surface area contributed by atoms with E-state index in [-0.39, 0.29) is 29.2 Å². The first-order chi connectivity index (χ1) is 12.9. The average molecular weight is 387 g/mol. The van der Waals surface area contributed by atoms with Crippen LogP contribution < -0.4 is 15.4 Å². The number of hydrogen-bond acceptors (Lipinski definition) is 4. The maximum absolute atomic E-state index is 12.4. The molecule has 1 aliphatic carbocycles. The van der Waals surface area contributed by atoms with E-state index in [0.29, 0.717) is 11.3 Å². The molecule has 0 bridgehead atoms. The first-order valence-corrected chi connectivity index (χ1v) is 10.1. The van der Waals surface area contributed by atoms with E-state index in [1.807, 2.05) is 0 Å². The van der Waals surface area contributed by atoms with Gasteiger partial charge in [-0.3, -0.25) is 9.59 Å². The van der Waals surface area contributed by atoms with E-state index >= 15 is 0 Å². The molecule has 2 amide bonds. The van der Waals surface area contributed by atoms with E-state index in [2.05, 4.69) is 15.4 Å². The number of hydrogen-bond donors (Lipinski definition) is 3. The number of nitrogens with one attached hydrogen (secondary N) is 3. The maximum Gasteiger partial charge on any atom is 0.251 e. The van der Waals surface area contributed by atoms with Gasteiger partial charge >= 0.3 is 0 Å². The first kappa shape index (κ1) is 19.1. The van der Waals surface area contributed by atoms with E-state index < -0.39 is 10.0 Å². The number of rotatable bonds is 7. The molecular weight excluding hydrogens is 366 g/mol. The Hall–Kier alpha value is -2.71. The van der Waals surface area contributed by atoms with Crippen molar-refractivity contribution in [2.24, 2.45) is 5.92 Å². The standard InChI is InChI=1S/C19H21N3O4S/c1-20-18(23)14-7-9-17(10-8-14)27(25,26)21-12-13-3-2-4-16(11-13)22-19(24)15-5-6-15/h2-4,7-11,15,21H,5-6,12H2,1H3,(H,20,23)(H,22,24). The minimum absolute atomic E-state index is 0.00365. The van der Waals surface area contributed by atoms with Gasteiger partial charge in [-0.05, 0) is 54.8 Å². The van der Waals surface area contributed by atoms with Crippen molar-refractivity contribution in [3.8, 4) is 0 Å². The summed E-state index contributed by atoms with van der Waals surface area (Å²) in [5.41, 5.74) is 1.77. The van der Waals surface area contributed by atoms with Gasteiger partial charge in [0.2, 0.25) is 15.9 Å². The van der Waals surface area contributed by atoms with Crippen LogP contribution in [0.4, 0.5) is 5.69 Å². The van der Waals surface area contributed by atoms with E-state index in [4.69, 9.17) is 0 Å². The van der Waals surface area contributed by atoms with Gasteiger partial charge < -0.3 is 10.6 Å². The number of carbonyl (C=O) groups is 2. The molecule has 0 saturated heterocycles. The molecule has 2 aromatic rings. The van der Waals surface area contributed by atoms with Crippen LogP contribution in [0.1, 0.15) is 28.8 Å². The molecule has 0 heterocycles. The lowest BCUT2D eigenvalue weighted by molar-refractivity contribution is -0.117. The second kappa shape index (κ2) is 7.89. The highest BCUT2D eigenvalue weighted by Crippen LogP contribution is 2.30. The van der Waals surface area contributed by atoms with Gasteiger partial charge in [-0.2, -0.15) is 0 Å². The molecule has 7 nitrogen and oxygen atoms in total. The molecule has 2 aromatic carbocycles. The van der Waals surface area contributed by atoms with Crippen LogP contribution in [0.15, 0.2) is 53.4 Å². The Kier molecular flexibility index (Phi) is 5.57. The number of sulfonamides is 1. The summed E-state index contributed by atoms with van der Waals surface area (Å²) in [7, 11) is -2.21. The molecular formula is C19H21N3O4S. The van der Waals surface area contributed by atoms with Crippen LogP contribution in [-0.4, -0.2) is 27.3 Å². The molecule has 0 aliphatic heterocycles. The highest BCUT2D eigenvalue weighted by molar-refractivity contribution is 7.89. The van der Waals surface area contributed by atoms with Crippen LogP contribution in [0.2, 0.25) is 0 Å². The highest BCUT2D eigenvalue weighted by atomic mass is 32.2. The lowest BCUT2D eigenvalue weighted by atomic mass is 10.2. The fourth-order valence-electron chi connectivity index (χ4n) is 2.54. The van der Waals surface area contributed by atoms with Crippen LogP contribution in [0, 0.1) is 5.92 Å². The van der Waals surface area contributed by atoms with Crippen molar-refractivity contribution in [1.29, 1.82) is 0 Å². The summed E-state index contributed by atoms with van der Waals surface area (Å²) in [6.07, 6.45) is 1.84. The van der Waals surface area contributed by atoms with Crippen molar-refractivity contribution in [2.45, 2.75) is 24.3 Å². The third-order valence-electron chi connectivity index (χ3n) is 4.26. The molecule has 0 radical (unpaired) electrons. The van der Waals surface area contributed by atoms with E-state index in [1.54, 1.807) is 24.3 Å². The number of carbonyl (C=O) groups excluding carboxylic acids is 2. The zero-order valence-electron chi connectivity index (χ0n) is 14.9. The summed E-state index contributed by atoms with van der Waals surface area (Å²) in [5, 5.41) is 5.32. The molecule has 8 heteroatoms. The van der Waals surface area contributed by atoms with Gasteiger partial charge in [0.15, 0.2) is 0 Å². The van der Waals surface area contributed by atoms with Gasteiger partial charge in [-0.25, -0.2) is 13.1 Å². The van der Waals surface area contributed by atoms with E-state index in [0.717, 1.165) is 18.4 Å². The van der Waals surface area contributed by atoms with Crippen LogP contribution in [0.3, 0.4) is 0 Å². The predicted octanol–water partition coefficient (Wildman–Crippen LogP) is 1.87. The maximum atomic E-state index is 12.4. The number of amides is 2. The molecule has 3 rings (SSSR count). The fraction of sp³-hybridized carbons (Fsp3) is 0.263. The lowest BCUT2D eigenvalue weighted by Gasteiger charge is -2.10. The fourth-order valence-corrected chi connectivity index (χ4v) is 3.56. The molecule has 1 aliphatic rings. The number of anilines is 1. The van der Waals surface area contributed by atoms with Crippen LogP contribution >= 0.6 is 0 Å². The summed E-state index contributed by atoms with van der Waals surface area (Å²) < 4.78 is 27.4. The van der Waals surface area contributed by atoms with Gasteiger partial charge in [0.05, 0.1) is 4.90 Å². The molecule has 27 heavy (non-hydrogen) atoms. The van der Waals surface area contributed by atoms with Crippen molar-refractivity contribution >= 4 is 27.5 Å². The zero-order valence-corrected chi connectivity index (χ0v) is 15.7. The monoisotopic (exact) mass is 387 g/mol. The second-order valence-electron chi connectivity index (χ2n) is 6.39. The Morgan fingerprint density at radius 3 is 2.41 bits per heavy atom. The molecule has 0 aromatic heterocycles. The molecule has 0 atom stereocenters. The van der Waals surface area contributed by atoms with Crippen molar-refractivity contribution < 1.29 is 18.0 Å². The lowest BCUT2D eigenvalue weighted by Crippen LogP contribution is -2.24. The van der Waals surface area contributed by atoms with Gasteiger partial charge in [0.25, 0.3) is 5.91 Å². The zero-order chi connectivity index (χ0) is 19.4. The van der Waals surface area contributed by atoms with E-state index in [1.165, 1.54) is 31.3 Å². The molecule has 1 saturated carbocycles. The van der Waals surface area contributed by atoms with Crippen molar-refractivity contribution in [1.82, 2.24) is 10.0 Å². The topological polar surface area (TPSA) is 104 Å². The largest absolute Gasteiger partial charge is 0.355 e. The van der Waals surface area contributed by atoms with Crippen LogP contribution in [0.25, 0.3) is 0 Å². The predicted molar refractivity (Wildman–Crippen MR) is 102 cm³/mol. The molecule has 0 unspecified atom stereocenters. The highest BCUT2D eigenvalue weighted by Gasteiger charge is 2.29. The number of benzene rings is 2. The second-order valence-corrected chi connectivity index (χ2v) is 8.16. The Bertz CT molecular complexity index is 951. The minimum atomic E-state index is -3.72. The SMILES string of the molecule is CNC(=O)c1ccc(S(=O)(=O)NCc2cccc(NC(=O)C3CC3)c2)cc1. The summed E-state index contributed by atoms with van der Waals surface area (Å²) >= 11 is 0. The van der Waals surface area contributed by atoms with Crippen LogP contribution in [-0.2, 0) is 21.4 Å². The molecule has 1 fully saturated rings. The van der Waals surface area contributed by atoms with Gasteiger partial charge in [0.1, 0.15) is 0 Å². The third kappa shape index (κ3) is 4.93. The third-order valence-corrected chi connectivity index (χ3v) is 5.68. The molecule has 0 spiro atoms. The van der Waals surface area contributed by atoms with E-state index in [9.17, 15) is 18.0 Å². The summed E-state index contributed by atoms with van der Waals surface area (Å²) in [6.45, 7) is 0.0900. The Labute approximate surface area is 158 Å². The van der Waals surface area contributed by atoms with Crippen molar-refractivity contribution in [2.75, 3.05) is 12.4 Å². The molecule has 3 N–H and O–H groups in total. The Morgan fingerprint density at radius 1 is 1.07 bits per heavy atom. The summed E-state index contributed by atoms with van der Waals surface area (Å²) in [6, 6.07) is 12.8. The van der Waals surface area contributed by atoms with Gasteiger partial charge in [0, 0.05) is 30.8 Å². The van der Waals surface area contributed by atoms with Crippen molar-refractivity contribution in [3.05, 3.63) is 59.7 Å². The van der Waals surface area contributed by atoms with Gasteiger partial charge in [-0.1, -0.05) is 12.1 Å². The van der Waals surface area contributed by atoms with Gasteiger partial charge in [-0.15, -0.1) is 0 Å². The average Bonchev–Trinajstić information content (AvgIpc) is 3.52. The first-order valence-electron chi connectivity index (χ1n) is 8.60. The quantitative estimate of drug-likeness (QED) is 0.675. The smallest absolute Gasteiger partial charge is 0.251 e. The van der Waals surface area contributed by atoms with Crippen molar-refractivity contribution in [3.63, 3.8) is 0 Å². The Morgan fingerprint density at radius 2 is 1.78 bits per heavy atom. The normalized spacial score (nSPS) is 13.8.